The number of piperidine rings is 1. The molecule has 7 rings (SSSR count). The Hall–Kier alpha value is -3.75. The van der Waals surface area contributed by atoms with Gasteiger partial charge in [-0.15, -0.1) is 0 Å². The van der Waals surface area contributed by atoms with Crippen molar-refractivity contribution in [3.05, 3.63) is 95.1 Å². The summed E-state index contributed by atoms with van der Waals surface area (Å²) in [5, 5.41) is 11.0. The van der Waals surface area contributed by atoms with Crippen LogP contribution in [0.4, 0.5) is 0 Å². The number of phenolic OH excluding ortho intramolecular Hbond substituents is 1. The molecule has 39 heavy (non-hydrogen) atoms. The largest absolute Gasteiger partial charge is 0.508 e. The molecule has 1 N–H and O–H groups in total. The molecular formula is C34H34N2O3. The number of ether oxygens (including phenoxy) is 1. The van der Waals surface area contributed by atoms with Crippen molar-refractivity contribution in [2.75, 3.05) is 20.1 Å². The van der Waals surface area contributed by atoms with Crippen molar-refractivity contribution in [3.63, 3.8) is 0 Å². The van der Waals surface area contributed by atoms with Gasteiger partial charge < -0.3 is 14.7 Å². The molecule has 2 aliphatic heterocycles. The predicted octanol–water partition coefficient (Wildman–Crippen LogP) is 4.55. The lowest BCUT2D eigenvalue weighted by molar-refractivity contribution is -0.134. The van der Waals surface area contributed by atoms with E-state index in [1.54, 1.807) is 6.07 Å². The number of hydrogen-bond acceptors (Lipinski definition) is 4. The van der Waals surface area contributed by atoms with Crippen molar-refractivity contribution >= 4 is 5.91 Å². The maximum absolute atomic E-state index is 13.3. The van der Waals surface area contributed by atoms with Crippen LogP contribution in [0.25, 0.3) is 0 Å². The van der Waals surface area contributed by atoms with Crippen LogP contribution in [0, 0.1) is 17.8 Å². The third kappa shape index (κ3) is 3.85. The fourth-order valence-corrected chi connectivity index (χ4v) is 8.09. The van der Waals surface area contributed by atoms with Crippen LogP contribution in [-0.2, 0) is 23.1 Å². The summed E-state index contributed by atoms with van der Waals surface area (Å²) in [6.45, 7) is 2.01. The van der Waals surface area contributed by atoms with Crippen LogP contribution < -0.4 is 4.74 Å². The molecular weight excluding hydrogens is 484 g/mol. The summed E-state index contributed by atoms with van der Waals surface area (Å²) in [7, 11) is 1.88. The van der Waals surface area contributed by atoms with E-state index < -0.39 is 0 Å². The number of likely N-dealkylation sites (tertiary alicyclic amines) is 1. The third-order valence-corrected chi connectivity index (χ3v) is 9.86. The van der Waals surface area contributed by atoms with Gasteiger partial charge in [-0.3, -0.25) is 9.69 Å². The molecule has 5 atom stereocenters. The van der Waals surface area contributed by atoms with Gasteiger partial charge in [0.25, 0.3) is 5.91 Å². The van der Waals surface area contributed by atoms with E-state index in [0.717, 1.165) is 62.1 Å². The van der Waals surface area contributed by atoms with E-state index in [-0.39, 0.29) is 23.5 Å². The molecule has 4 aliphatic rings. The molecule has 198 valence electrons. The van der Waals surface area contributed by atoms with Crippen molar-refractivity contribution in [1.82, 2.24) is 9.80 Å². The highest BCUT2D eigenvalue weighted by Crippen LogP contribution is 2.63. The van der Waals surface area contributed by atoms with Crippen LogP contribution in [0.2, 0.25) is 0 Å². The monoisotopic (exact) mass is 518 g/mol. The molecule has 1 amide bonds. The van der Waals surface area contributed by atoms with Crippen LogP contribution in [0.1, 0.15) is 41.5 Å². The molecule has 5 nitrogen and oxygen atoms in total. The minimum Gasteiger partial charge on any atom is -0.508 e. The Balaban J connectivity index is 1.20. The highest BCUT2D eigenvalue weighted by atomic mass is 16.5. The van der Waals surface area contributed by atoms with Crippen LogP contribution in [0.5, 0.6) is 11.5 Å². The van der Waals surface area contributed by atoms with Crippen molar-refractivity contribution in [3.8, 4) is 23.3 Å². The molecule has 0 aromatic heterocycles. The average molecular weight is 519 g/mol. The summed E-state index contributed by atoms with van der Waals surface area (Å²) < 4.78 is 6.77. The first-order valence-electron chi connectivity index (χ1n) is 14.2. The number of rotatable bonds is 4. The van der Waals surface area contributed by atoms with Gasteiger partial charge in [0.05, 0.1) is 6.04 Å². The first-order chi connectivity index (χ1) is 19.1. The van der Waals surface area contributed by atoms with E-state index in [1.165, 1.54) is 11.1 Å². The zero-order valence-electron chi connectivity index (χ0n) is 22.3. The van der Waals surface area contributed by atoms with E-state index in [2.05, 4.69) is 47.1 Å². The van der Waals surface area contributed by atoms with Gasteiger partial charge in [-0.25, -0.2) is 0 Å². The Morgan fingerprint density at radius 1 is 1.08 bits per heavy atom. The number of carbonyl (C=O) groups is 1. The zero-order valence-corrected chi connectivity index (χ0v) is 22.3. The van der Waals surface area contributed by atoms with E-state index in [0.29, 0.717) is 17.7 Å². The Bertz CT molecular complexity index is 1460. The lowest BCUT2D eigenvalue weighted by Gasteiger charge is -2.60. The summed E-state index contributed by atoms with van der Waals surface area (Å²) >= 11 is 0. The van der Waals surface area contributed by atoms with E-state index in [1.807, 2.05) is 48.3 Å². The molecule has 0 unspecified atom stereocenters. The fourth-order valence-electron chi connectivity index (χ4n) is 8.09. The molecule has 1 saturated heterocycles. The average Bonchev–Trinajstić information content (AvgIpc) is 3.31. The minimum atomic E-state index is -0.181. The quantitative estimate of drug-likeness (QED) is 0.515. The van der Waals surface area contributed by atoms with Gasteiger partial charge in [0.15, 0.2) is 0 Å². The lowest BCUT2D eigenvalue weighted by atomic mass is 9.51. The highest BCUT2D eigenvalue weighted by molar-refractivity contribution is 5.94. The number of phenols is 1. The van der Waals surface area contributed by atoms with Gasteiger partial charge in [0.1, 0.15) is 17.6 Å². The summed E-state index contributed by atoms with van der Waals surface area (Å²) in [5.74, 6) is 7.45. The smallest absolute Gasteiger partial charge is 0.298 e. The van der Waals surface area contributed by atoms with Crippen molar-refractivity contribution < 1.29 is 14.6 Å². The number of hydrogen-bond donors (Lipinski definition) is 1. The molecule has 2 fully saturated rings. The molecule has 0 radical (unpaired) electrons. The Morgan fingerprint density at radius 3 is 2.64 bits per heavy atom. The lowest BCUT2D eigenvalue weighted by Crippen LogP contribution is -2.69. The van der Waals surface area contributed by atoms with Crippen molar-refractivity contribution in [2.45, 2.75) is 55.7 Å². The van der Waals surface area contributed by atoms with Gasteiger partial charge in [0, 0.05) is 47.7 Å². The normalized spacial score (nSPS) is 28.0. The van der Waals surface area contributed by atoms with Crippen LogP contribution >= 0.6 is 0 Å². The molecule has 2 bridgehead atoms. The standard InChI is InChI=1S/C34H34N2O3/c1-35(31(38)17-12-23-8-4-2-5-9-23)27-14-13-26-28-22-25-29(37)15-16-30-32(25)34(26,33(27)39-30)19-21-36(28)20-18-24-10-6-3-7-11-24/h2-11,15-16,26-28,33,37H,13-14,18-22H2,1H3/t26-,27-,28+,33-,34-/m0/s1. The Labute approximate surface area is 230 Å². The fraction of sp³-hybridized carbons (Fsp3) is 0.382. The van der Waals surface area contributed by atoms with Crippen LogP contribution in [0.3, 0.4) is 0 Å². The number of aromatic hydroxyl groups is 1. The van der Waals surface area contributed by atoms with E-state index >= 15 is 0 Å². The third-order valence-electron chi connectivity index (χ3n) is 9.86. The van der Waals surface area contributed by atoms with Gasteiger partial charge >= 0.3 is 0 Å². The SMILES string of the molecule is CN(C(=O)C#Cc1ccccc1)[C@H]1CC[C@H]2[C@H]3Cc4c(O)ccc5c4[C@@]2(CCN3CCc2ccccc2)[C@H]1O5. The maximum Gasteiger partial charge on any atom is 0.298 e. The summed E-state index contributed by atoms with van der Waals surface area (Å²) in [5.41, 5.74) is 4.29. The minimum absolute atomic E-state index is 0.0594. The first kappa shape index (κ1) is 24.3. The van der Waals surface area contributed by atoms with Gasteiger partial charge in [-0.05, 0) is 74.4 Å². The van der Waals surface area contributed by atoms with E-state index in [4.69, 9.17) is 4.74 Å². The number of carbonyl (C=O) groups excluding carboxylic acids is 1. The second-order valence-corrected chi connectivity index (χ2v) is 11.6. The first-order valence-corrected chi connectivity index (χ1v) is 14.2. The van der Waals surface area contributed by atoms with Gasteiger partial charge in [-0.2, -0.15) is 0 Å². The zero-order chi connectivity index (χ0) is 26.6. The summed E-state index contributed by atoms with van der Waals surface area (Å²) in [6.07, 6.45) is 4.66. The number of amides is 1. The second-order valence-electron chi connectivity index (χ2n) is 11.6. The molecule has 1 saturated carbocycles. The molecule has 2 heterocycles. The maximum atomic E-state index is 13.3. The summed E-state index contributed by atoms with van der Waals surface area (Å²) in [4.78, 5) is 17.8. The molecule has 3 aromatic carbocycles. The topological polar surface area (TPSA) is 53.0 Å². The van der Waals surface area contributed by atoms with Crippen LogP contribution in [0.15, 0.2) is 72.8 Å². The number of benzene rings is 3. The number of likely N-dealkylation sites (N-methyl/N-ethyl adjacent to an activating group) is 1. The van der Waals surface area contributed by atoms with Crippen molar-refractivity contribution in [2.24, 2.45) is 5.92 Å². The predicted molar refractivity (Wildman–Crippen MR) is 151 cm³/mol. The Kier molecular flexibility index (Phi) is 5.90. The summed E-state index contributed by atoms with van der Waals surface area (Å²) in [6, 6.07) is 24.4. The highest BCUT2D eigenvalue weighted by Gasteiger charge is 2.66. The molecule has 5 heteroatoms. The van der Waals surface area contributed by atoms with Crippen LogP contribution in [-0.4, -0.2) is 59.1 Å². The second kappa shape index (κ2) is 9.47. The number of nitrogens with zero attached hydrogens (tertiary/aromatic N) is 2. The molecule has 3 aromatic rings. The van der Waals surface area contributed by atoms with E-state index in [9.17, 15) is 9.90 Å². The Morgan fingerprint density at radius 2 is 1.85 bits per heavy atom. The molecule has 2 aliphatic carbocycles. The van der Waals surface area contributed by atoms with Crippen molar-refractivity contribution in [1.29, 1.82) is 0 Å². The molecule has 1 spiro atoms. The van der Waals surface area contributed by atoms with Gasteiger partial charge in [-0.1, -0.05) is 54.5 Å². The van der Waals surface area contributed by atoms with Gasteiger partial charge in [0.2, 0.25) is 0 Å².